The van der Waals surface area contributed by atoms with Gasteiger partial charge in [-0.2, -0.15) is 0 Å². The second-order valence-corrected chi connectivity index (χ2v) is 2.36. The van der Waals surface area contributed by atoms with Crippen molar-refractivity contribution in [1.82, 2.24) is 9.97 Å². The molecule has 0 spiro atoms. The monoisotopic (exact) mass is 149 g/mol. The average molecular weight is 149 g/mol. The summed E-state index contributed by atoms with van der Waals surface area (Å²) in [5, 5.41) is 0.919. The second kappa shape index (κ2) is 1.88. The zero-order valence-corrected chi connectivity index (χ0v) is 5.72. The summed E-state index contributed by atoms with van der Waals surface area (Å²) in [6.45, 7) is 0. The number of aromatic nitrogens is 2. The van der Waals surface area contributed by atoms with Crippen LogP contribution in [-0.2, 0) is 0 Å². The van der Waals surface area contributed by atoms with Crippen molar-refractivity contribution in [3.05, 3.63) is 28.7 Å². The molecule has 0 aliphatic carbocycles. The molecule has 0 fully saturated rings. The van der Waals surface area contributed by atoms with E-state index < -0.39 is 0 Å². The minimum Gasteiger partial charge on any atom is -0.394 e. The van der Waals surface area contributed by atoms with Crippen molar-refractivity contribution in [2.24, 2.45) is 0 Å². The molecule has 0 amide bonds. The molecule has 2 heterocycles. The van der Waals surface area contributed by atoms with Gasteiger partial charge in [0.1, 0.15) is 5.65 Å². The third-order valence-electron chi connectivity index (χ3n) is 1.59. The van der Waals surface area contributed by atoms with E-state index in [1.807, 2.05) is 6.07 Å². The molecule has 2 rings (SSSR count). The van der Waals surface area contributed by atoms with E-state index in [1.165, 1.54) is 0 Å². The van der Waals surface area contributed by atoms with Crippen LogP contribution in [0.5, 0.6) is 0 Å². The molecule has 4 heteroatoms. The van der Waals surface area contributed by atoms with Gasteiger partial charge in [0.2, 0.25) is 0 Å². The van der Waals surface area contributed by atoms with Crippen LogP contribution in [0.4, 0.5) is 5.69 Å². The fraction of sp³-hybridized carbons (Fsp3) is 0. The van der Waals surface area contributed by atoms with Crippen LogP contribution in [0.2, 0.25) is 0 Å². The Morgan fingerprint density at radius 2 is 2.27 bits per heavy atom. The number of nitrogens with one attached hydrogen (secondary N) is 2. The first-order valence-electron chi connectivity index (χ1n) is 3.23. The topological polar surface area (TPSA) is 74.7 Å². The molecule has 2 aromatic rings. The van der Waals surface area contributed by atoms with Gasteiger partial charge in [-0.15, -0.1) is 0 Å². The molecule has 4 N–H and O–H groups in total. The number of hydrogen-bond donors (Lipinski definition) is 3. The van der Waals surface area contributed by atoms with Crippen LogP contribution in [0, 0.1) is 0 Å². The molecule has 11 heavy (non-hydrogen) atoms. The lowest BCUT2D eigenvalue weighted by molar-refractivity contribution is 1.26. The lowest BCUT2D eigenvalue weighted by atomic mass is 10.3. The quantitative estimate of drug-likeness (QED) is 0.508. The Bertz CT molecular complexity index is 440. The second-order valence-electron chi connectivity index (χ2n) is 2.36. The largest absolute Gasteiger partial charge is 0.394 e. The number of pyridine rings is 1. The molecule has 0 atom stereocenters. The first-order valence-corrected chi connectivity index (χ1v) is 3.23. The number of rotatable bonds is 0. The molecule has 0 bridgehead atoms. The van der Waals surface area contributed by atoms with Crippen molar-refractivity contribution in [1.29, 1.82) is 0 Å². The molecule has 56 valence electrons. The van der Waals surface area contributed by atoms with Crippen LogP contribution >= 0.6 is 0 Å². The van der Waals surface area contributed by atoms with Gasteiger partial charge in [-0.05, 0) is 12.1 Å². The average Bonchev–Trinajstić information content (AvgIpc) is 2.36. The minimum atomic E-state index is -0.250. The predicted octanol–water partition coefficient (Wildman–Crippen LogP) is 0.438. The summed E-state index contributed by atoms with van der Waals surface area (Å²) in [6, 6.07) is 3.49. The molecule has 0 aromatic carbocycles. The molecule has 0 aliphatic rings. The van der Waals surface area contributed by atoms with Crippen LogP contribution < -0.4 is 11.3 Å². The van der Waals surface area contributed by atoms with Crippen LogP contribution in [0.3, 0.4) is 0 Å². The van der Waals surface area contributed by atoms with Crippen LogP contribution in [0.15, 0.2) is 23.1 Å². The van der Waals surface area contributed by atoms with Gasteiger partial charge in [-0.3, -0.25) is 4.79 Å². The number of fused-ring (bicyclic) bond motifs is 1. The van der Waals surface area contributed by atoms with Gasteiger partial charge >= 0.3 is 0 Å². The highest BCUT2D eigenvalue weighted by Crippen LogP contribution is 2.08. The van der Waals surface area contributed by atoms with Crippen molar-refractivity contribution in [2.75, 3.05) is 5.73 Å². The molecule has 0 unspecified atom stereocenters. The number of nitrogens with two attached hydrogens (primary N) is 1. The summed E-state index contributed by atoms with van der Waals surface area (Å²) in [5.74, 6) is 0. The summed E-state index contributed by atoms with van der Waals surface area (Å²) in [5.41, 5.74) is 6.10. The maximum Gasteiger partial charge on any atom is 0.272 e. The van der Waals surface area contributed by atoms with Crippen LogP contribution in [0.25, 0.3) is 11.0 Å². The first kappa shape index (κ1) is 6.03. The van der Waals surface area contributed by atoms with Crippen molar-refractivity contribution in [2.45, 2.75) is 0 Å². The SMILES string of the molecule is Nc1cc2cc[nH]c2[nH]c1=O. The van der Waals surface area contributed by atoms with Gasteiger partial charge in [0.05, 0.1) is 5.69 Å². The Morgan fingerprint density at radius 3 is 3.09 bits per heavy atom. The maximum absolute atomic E-state index is 10.9. The van der Waals surface area contributed by atoms with Gasteiger partial charge in [0.25, 0.3) is 5.56 Å². The maximum atomic E-state index is 10.9. The lowest BCUT2D eigenvalue weighted by Gasteiger charge is -1.91. The highest BCUT2D eigenvalue weighted by molar-refractivity contribution is 5.78. The minimum absolute atomic E-state index is 0.247. The molecule has 0 saturated carbocycles. The number of anilines is 1. The van der Waals surface area contributed by atoms with E-state index >= 15 is 0 Å². The Balaban J connectivity index is 2.97. The summed E-state index contributed by atoms with van der Waals surface area (Å²) >= 11 is 0. The van der Waals surface area contributed by atoms with Gasteiger partial charge in [0, 0.05) is 11.6 Å². The predicted molar refractivity (Wildman–Crippen MR) is 43.3 cm³/mol. The van der Waals surface area contributed by atoms with E-state index in [4.69, 9.17) is 5.73 Å². The number of hydrogen-bond acceptors (Lipinski definition) is 2. The smallest absolute Gasteiger partial charge is 0.272 e. The van der Waals surface area contributed by atoms with E-state index in [2.05, 4.69) is 9.97 Å². The third-order valence-corrected chi connectivity index (χ3v) is 1.59. The number of aromatic amines is 2. The van der Waals surface area contributed by atoms with Gasteiger partial charge in [-0.1, -0.05) is 0 Å². The third kappa shape index (κ3) is 0.797. The summed E-state index contributed by atoms with van der Waals surface area (Å²) < 4.78 is 0. The number of nitrogen functional groups attached to an aromatic ring is 1. The molecule has 0 saturated heterocycles. The van der Waals surface area contributed by atoms with E-state index in [-0.39, 0.29) is 11.2 Å². The van der Waals surface area contributed by atoms with Crippen LogP contribution in [0.1, 0.15) is 0 Å². The molecular weight excluding hydrogens is 142 g/mol. The highest BCUT2D eigenvalue weighted by atomic mass is 16.1. The van der Waals surface area contributed by atoms with Crippen molar-refractivity contribution in [3.63, 3.8) is 0 Å². The fourth-order valence-corrected chi connectivity index (χ4v) is 1.03. The van der Waals surface area contributed by atoms with Crippen LogP contribution in [-0.4, -0.2) is 9.97 Å². The molecule has 2 aromatic heterocycles. The molecule has 4 nitrogen and oxygen atoms in total. The zero-order chi connectivity index (χ0) is 7.84. The Hall–Kier alpha value is -1.71. The van der Waals surface area contributed by atoms with Crippen molar-refractivity contribution >= 4 is 16.7 Å². The van der Waals surface area contributed by atoms with E-state index in [1.54, 1.807) is 12.3 Å². The van der Waals surface area contributed by atoms with Gasteiger partial charge in [-0.25, -0.2) is 0 Å². The molecule has 0 radical (unpaired) electrons. The van der Waals surface area contributed by atoms with Crippen molar-refractivity contribution in [3.8, 4) is 0 Å². The van der Waals surface area contributed by atoms with E-state index in [9.17, 15) is 4.79 Å². The number of H-pyrrole nitrogens is 2. The Morgan fingerprint density at radius 1 is 1.45 bits per heavy atom. The summed E-state index contributed by atoms with van der Waals surface area (Å²) in [7, 11) is 0. The fourth-order valence-electron chi connectivity index (χ4n) is 1.03. The van der Waals surface area contributed by atoms with Gasteiger partial charge in [0.15, 0.2) is 0 Å². The summed E-state index contributed by atoms with van der Waals surface area (Å²) in [4.78, 5) is 16.4. The first-order chi connectivity index (χ1) is 5.27. The standard InChI is InChI=1S/C7H7N3O/c8-5-3-4-1-2-9-6(4)10-7(5)11/h1-3H,8H2,(H2,9,10,11). The zero-order valence-electron chi connectivity index (χ0n) is 5.72. The van der Waals surface area contributed by atoms with Gasteiger partial charge < -0.3 is 15.7 Å². The normalized spacial score (nSPS) is 10.5. The lowest BCUT2D eigenvalue weighted by Crippen LogP contribution is -2.10. The summed E-state index contributed by atoms with van der Waals surface area (Å²) in [6.07, 6.45) is 1.75. The van der Waals surface area contributed by atoms with E-state index in [0.29, 0.717) is 5.65 Å². The molecule has 0 aliphatic heterocycles. The Labute approximate surface area is 62.0 Å². The highest BCUT2D eigenvalue weighted by Gasteiger charge is 1.97. The van der Waals surface area contributed by atoms with E-state index in [0.717, 1.165) is 5.39 Å². The Kier molecular flexibility index (Phi) is 1.03. The van der Waals surface area contributed by atoms with Crippen molar-refractivity contribution < 1.29 is 0 Å². The molecular formula is C7H7N3O.